The van der Waals surface area contributed by atoms with Gasteiger partial charge in [0.15, 0.2) is 0 Å². The van der Waals surface area contributed by atoms with Gasteiger partial charge < -0.3 is 14.8 Å². The molecule has 1 saturated heterocycles. The molecule has 0 bridgehead atoms. The molecule has 2 amide bonds. The number of nitrogens with zero attached hydrogens (tertiary/aromatic N) is 2. The van der Waals surface area contributed by atoms with E-state index in [1.165, 1.54) is 18.3 Å². The molecule has 172 valence electrons. The highest BCUT2D eigenvalue weighted by Gasteiger charge is 2.55. The molecule has 0 radical (unpaired) electrons. The summed E-state index contributed by atoms with van der Waals surface area (Å²) in [5, 5.41) is 6.03. The van der Waals surface area contributed by atoms with Crippen molar-refractivity contribution in [2.45, 2.75) is 38.6 Å². The zero-order valence-electron chi connectivity index (χ0n) is 18.8. The predicted molar refractivity (Wildman–Crippen MR) is 120 cm³/mol. The number of ether oxygens (including phenoxy) is 2. The summed E-state index contributed by atoms with van der Waals surface area (Å²) in [6.45, 7) is 4.06. The highest BCUT2D eigenvalue weighted by atomic mass is 16.5. The van der Waals surface area contributed by atoms with Crippen molar-refractivity contribution in [3.63, 3.8) is 0 Å². The molecular weight excluding hydrogens is 422 g/mol. The average Bonchev–Trinajstić information content (AvgIpc) is 3.33. The highest BCUT2D eigenvalue weighted by molar-refractivity contribution is 5.95. The Labute approximate surface area is 192 Å². The third-order valence-corrected chi connectivity index (χ3v) is 5.91. The van der Waals surface area contributed by atoms with Crippen LogP contribution in [0.5, 0.6) is 0 Å². The van der Waals surface area contributed by atoms with E-state index >= 15 is 0 Å². The minimum atomic E-state index is -0.824. The first-order chi connectivity index (χ1) is 15.9. The minimum absolute atomic E-state index is 0.0185. The molecule has 2 heterocycles. The zero-order valence-corrected chi connectivity index (χ0v) is 18.8. The van der Waals surface area contributed by atoms with E-state index < -0.39 is 30.2 Å². The predicted octanol–water partition coefficient (Wildman–Crippen LogP) is 3.18. The van der Waals surface area contributed by atoms with E-state index in [2.05, 4.69) is 5.32 Å². The van der Waals surface area contributed by atoms with E-state index in [1.54, 1.807) is 0 Å². The maximum atomic E-state index is 13.4. The Hall–Kier alpha value is -3.65. The second kappa shape index (κ2) is 9.46. The Kier molecular flexibility index (Phi) is 6.46. The second-order valence-electron chi connectivity index (χ2n) is 8.37. The maximum absolute atomic E-state index is 13.4. The Bertz CT molecular complexity index is 1050. The van der Waals surface area contributed by atoms with Crippen molar-refractivity contribution in [3.8, 4) is 0 Å². The number of alkyl carbamates (subject to hydrolysis) is 1. The van der Waals surface area contributed by atoms with E-state index in [0.717, 1.165) is 11.1 Å². The van der Waals surface area contributed by atoms with Gasteiger partial charge in [-0.05, 0) is 17.0 Å². The first-order valence-electron chi connectivity index (χ1n) is 10.9. The van der Waals surface area contributed by atoms with Crippen LogP contribution in [0.4, 0.5) is 4.79 Å². The molecule has 0 saturated carbocycles. The topological polar surface area (TPSA) is 88.2 Å². The molecule has 2 aliphatic heterocycles. The Morgan fingerprint density at radius 1 is 1.03 bits per heavy atom. The summed E-state index contributed by atoms with van der Waals surface area (Å²) in [4.78, 5) is 38.5. The van der Waals surface area contributed by atoms with Crippen LogP contribution in [-0.2, 0) is 25.7 Å². The van der Waals surface area contributed by atoms with E-state index in [1.807, 2.05) is 79.5 Å². The second-order valence-corrected chi connectivity index (χ2v) is 8.37. The number of hydrazine groups is 1. The van der Waals surface area contributed by atoms with Crippen LogP contribution in [0.3, 0.4) is 0 Å². The molecule has 4 rings (SSSR count). The molecule has 0 aromatic heterocycles. The number of esters is 1. The number of carbonyl (C=O) groups is 3. The highest BCUT2D eigenvalue weighted by Crippen LogP contribution is 2.44. The number of amides is 2. The molecule has 8 heteroatoms. The summed E-state index contributed by atoms with van der Waals surface area (Å²) < 4.78 is 10.3. The molecule has 1 N–H and O–H groups in total. The molecule has 8 nitrogen and oxygen atoms in total. The molecule has 2 aromatic rings. The van der Waals surface area contributed by atoms with Gasteiger partial charge in [-0.15, -0.1) is 0 Å². The molecular formula is C25H27N3O5. The van der Waals surface area contributed by atoms with Crippen molar-refractivity contribution in [1.82, 2.24) is 15.3 Å². The molecule has 1 fully saturated rings. The fraction of sp³-hybridized carbons (Fsp3) is 0.320. The van der Waals surface area contributed by atoms with E-state index in [4.69, 9.17) is 9.47 Å². The maximum Gasteiger partial charge on any atom is 0.408 e. The van der Waals surface area contributed by atoms with Gasteiger partial charge in [0.05, 0.1) is 24.8 Å². The van der Waals surface area contributed by atoms with Gasteiger partial charge in [-0.25, -0.2) is 14.6 Å². The molecule has 2 aromatic carbocycles. The lowest BCUT2D eigenvalue weighted by Crippen LogP contribution is -2.50. The number of rotatable bonds is 6. The quantitative estimate of drug-likeness (QED) is 0.682. The van der Waals surface area contributed by atoms with Gasteiger partial charge in [0.2, 0.25) is 0 Å². The van der Waals surface area contributed by atoms with Crippen LogP contribution in [0.15, 0.2) is 72.4 Å². The number of hydrogen-bond acceptors (Lipinski definition) is 6. The van der Waals surface area contributed by atoms with Gasteiger partial charge >= 0.3 is 12.1 Å². The molecule has 2 aliphatic rings. The molecule has 0 unspecified atom stereocenters. The summed E-state index contributed by atoms with van der Waals surface area (Å²) >= 11 is 0. The fourth-order valence-corrected chi connectivity index (χ4v) is 4.45. The average molecular weight is 450 g/mol. The third-order valence-electron chi connectivity index (χ3n) is 5.91. The Morgan fingerprint density at radius 3 is 2.27 bits per heavy atom. The Morgan fingerprint density at radius 2 is 1.67 bits per heavy atom. The third kappa shape index (κ3) is 4.34. The molecule has 0 spiro atoms. The standard InChI is InChI=1S/C25H27N3O5/c1-16(2)21-20(26-25(31)33-15-17-10-6-4-7-11-17)23(29)27-14-19(24(30)32-3)22(28(21)27)18-12-8-5-9-13-18/h4-14,16,20-22H,15H2,1-3H3,(H,26,31)/t20-,21-,22+/m0/s1. The van der Waals surface area contributed by atoms with Crippen LogP contribution >= 0.6 is 0 Å². The monoisotopic (exact) mass is 449 g/mol. The summed E-state index contributed by atoms with van der Waals surface area (Å²) in [5.41, 5.74) is 2.07. The van der Waals surface area contributed by atoms with E-state index in [0.29, 0.717) is 5.57 Å². The Balaban J connectivity index is 1.60. The summed E-state index contributed by atoms with van der Waals surface area (Å²) in [6, 6.07) is 17.1. The minimum Gasteiger partial charge on any atom is -0.466 e. The normalized spacial score (nSPS) is 22.2. The van der Waals surface area contributed by atoms with Crippen LogP contribution in [0, 0.1) is 5.92 Å². The SMILES string of the molecule is COC(=O)C1=CN2C(=O)[C@@H](NC(=O)OCc3ccccc3)[C@H](C(C)C)N2[C@@H]1c1ccccc1. The van der Waals surface area contributed by atoms with Gasteiger partial charge in [-0.1, -0.05) is 74.5 Å². The van der Waals surface area contributed by atoms with Gasteiger partial charge in [0.25, 0.3) is 5.91 Å². The number of hydrogen-bond donors (Lipinski definition) is 1. The van der Waals surface area contributed by atoms with Crippen LogP contribution in [-0.4, -0.2) is 47.2 Å². The number of benzene rings is 2. The smallest absolute Gasteiger partial charge is 0.408 e. The fourth-order valence-electron chi connectivity index (χ4n) is 4.45. The lowest BCUT2D eigenvalue weighted by atomic mass is 9.92. The molecule has 33 heavy (non-hydrogen) atoms. The lowest BCUT2D eigenvalue weighted by Gasteiger charge is -2.34. The number of fused-ring (bicyclic) bond motifs is 1. The van der Waals surface area contributed by atoms with Gasteiger partial charge in [0, 0.05) is 6.20 Å². The van der Waals surface area contributed by atoms with Crippen LogP contribution < -0.4 is 5.32 Å². The number of nitrogens with one attached hydrogen (secondary N) is 1. The summed E-state index contributed by atoms with van der Waals surface area (Å²) in [6.07, 6.45) is 0.844. The van der Waals surface area contributed by atoms with Gasteiger partial charge in [-0.2, -0.15) is 5.01 Å². The number of methoxy groups -OCH3 is 1. The van der Waals surface area contributed by atoms with Crippen molar-refractivity contribution in [2.75, 3.05) is 7.11 Å². The lowest BCUT2D eigenvalue weighted by molar-refractivity contribution is -0.138. The van der Waals surface area contributed by atoms with Crippen molar-refractivity contribution in [3.05, 3.63) is 83.6 Å². The van der Waals surface area contributed by atoms with Crippen molar-refractivity contribution in [1.29, 1.82) is 0 Å². The van der Waals surface area contributed by atoms with Crippen LogP contribution in [0.25, 0.3) is 0 Å². The zero-order chi connectivity index (χ0) is 23.5. The van der Waals surface area contributed by atoms with Crippen molar-refractivity contribution in [2.24, 2.45) is 5.92 Å². The van der Waals surface area contributed by atoms with Gasteiger partial charge in [-0.3, -0.25) is 4.79 Å². The van der Waals surface area contributed by atoms with Crippen molar-refractivity contribution >= 4 is 18.0 Å². The van der Waals surface area contributed by atoms with E-state index in [-0.39, 0.29) is 18.4 Å². The van der Waals surface area contributed by atoms with Crippen LogP contribution in [0.1, 0.15) is 31.0 Å². The first-order valence-corrected chi connectivity index (χ1v) is 10.9. The number of carbonyl (C=O) groups excluding carboxylic acids is 3. The summed E-state index contributed by atoms with van der Waals surface area (Å²) in [5.74, 6) is -0.847. The van der Waals surface area contributed by atoms with Crippen molar-refractivity contribution < 1.29 is 23.9 Å². The van der Waals surface area contributed by atoms with Gasteiger partial charge in [0.1, 0.15) is 12.6 Å². The van der Waals surface area contributed by atoms with E-state index in [9.17, 15) is 14.4 Å². The largest absolute Gasteiger partial charge is 0.466 e. The molecule has 3 atom stereocenters. The first kappa shape index (κ1) is 22.5. The van der Waals surface area contributed by atoms with Crippen LogP contribution in [0.2, 0.25) is 0 Å². The summed E-state index contributed by atoms with van der Waals surface area (Å²) in [7, 11) is 1.32. The molecule has 0 aliphatic carbocycles.